The van der Waals surface area contributed by atoms with E-state index in [2.05, 4.69) is 33.1 Å². The molecule has 1 saturated heterocycles. The summed E-state index contributed by atoms with van der Waals surface area (Å²) in [7, 11) is 0. The summed E-state index contributed by atoms with van der Waals surface area (Å²) < 4.78 is 12.5. The topological polar surface area (TPSA) is 104 Å². The lowest BCUT2D eigenvalue weighted by Gasteiger charge is -2.26. The number of hydrogen-bond acceptors (Lipinski definition) is 6. The number of nitriles is 2. The highest BCUT2D eigenvalue weighted by Crippen LogP contribution is 2.82. The zero-order valence-electron chi connectivity index (χ0n) is 12.3. The van der Waals surface area contributed by atoms with Gasteiger partial charge in [-0.05, 0) is 24.6 Å². The molecule has 0 aromatic heterocycles. The maximum atomic E-state index is 9.98. The summed E-state index contributed by atoms with van der Waals surface area (Å²) in [5, 5.41) is 19.8. The first-order chi connectivity index (χ1) is 11.0. The molecule has 2 N–H and O–H groups in total. The van der Waals surface area contributed by atoms with Crippen molar-refractivity contribution >= 4 is 21.8 Å². The number of hydrogen-bond donors (Lipinski definition) is 1. The monoisotopic (exact) mass is 372 g/mol. The van der Waals surface area contributed by atoms with Crippen LogP contribution in [0.1, 0.15) is 18.4 Å². The van der Waals surface area contributed by atoms with Crippen molar-refractivity contribution in [3.63, 3.8) is 0 Å². The second kappa shape index (κ2) is 4.33. The molecule has 2 heterocycles. The second-order valence-electron chi connectivity index (χ2n) is 6.14. The Labute approximate surface area is 141 Å². The molecule has 116 valence electrons. The number of aliphatic imine (C=N–C) groups is 1. The molecule has 1 aromatic rings. The number of nitrogens with zero attached hydrogens (tertiary/aromatic N) is 3. The summed E-state index contributed by atoms with van der Waals surface area (Å²) >= 11 is 3.39. The summed E-state index contributed by atoms with van der Waals surface area (Å²) in [6.45, 7) is 2.16. The number of fused-ring (bicyclic) bond motifs is 2. The van der Waals surface area contributed by atoms with E-state index in [0.29, 0.717) is 6.61 Å². The largest absolute Gasteiger partial charge is 0.386 e. The normalized spacial score (nSPS) is 43.6. The minimum Gasteiger partial charge on any atom is -0.386 e. The van der Waals surface area contributed by atoms with Crippen molar-refractivity contribution in [3.8, 4) is 12.1 Å². The molecule has 4 rings (SSSR count). The molecule has 0 bridgehead atoms. The van der Waals surface area contributed by atoms with Gasteiger partial charge in [0.25, 0.3) is 5.91 Å². The summed E-state index contributed by atoms with van der Waals surface area (Å²) in [4.78, 5) is 4.28. The van der Waals surface area contributed by atoms with Crippen molar-refractivity contribution in [1.29, 1.82) is 10.5 Å². The Morgan fingerprint density at radius 2 is 2.00 bits per heavy atom. The number of benzene rings is 1. The molecular formula is C16H13BrN4O2. The Hall–Kier alpha value is -1.93. The fourth-order valence-corrected chi connectivity index (χ4v) is 4.28. The van der Waals surface area contributed by atoms with Gasteiger partial charge in [0, 0.05) is 10.4 Å². The molecule has 23 heavy (non-hydrogen) atoms. The van der Waals surface area contributed by atoms with Gasteiger partial charge in [0.1, 0.15) is 11.3 Å². The van der Waals surface area contributed by atoms with E-state index in [1.165, 1.54) is 0 Å². The lowest BCUT2D eigenvalue weighted by molar-refractivity contribution is -0.193. The van der Waals surface area contributed by atoms with E-state index >= 15 is 0 Å². The number of rotatable bonds is 1. The third kappa shape index (κ3) is 1.41. The van der Waals surface area contributed by atoms with E-state index in [1.54, 1.807) is 0 Å². The molecule has 0 amide bonds. The van der Waals surface area contributed by atoms with Crippen LogP contribution in [0.25, 0.3) is 0 Å². The van der Waals surface area contributed by atoms with Crippen molar-refractivity contribution in [3.05, 3.63) is 34.3 Å². The van der Waals surface area contributed by atoms with Gasteiger partial charge in [-0.25, -0.2) is 4.99 Å². The molecule has 5 atom stereocenters. The highest BCUT2D eigenvalue weighted by Gasteiger charge is 2.94. The highest BCUT2D eigenvalue weighted by atomic mass is 79.9. The van der Waals surface area contributed by atoms with Crippen LogP contribution in [0, 0.1) is 33.5 Å². The Morgan fingerprint density at radius 1 is 1.30 bits per heavy atom. The van der Waals surface area contributed by atoms with Crippen LogP contribution < -0.4 is 5.73 Å². The first-order valence-electron chi connectivity index (χ1n) is 7.23. The lowest BCUT2D eigenvalue weighted by atomic mass is 9.94. The Balaban J connectivity index is 1.91. The van der Waals surface area contributed by atoms with Crippen molar-refractivity contribution in [2.45, 2.75) is 24.9 Å². The molecule has 7 heteroatoms. The first kappa shape index (κ1) is 14.6. The molecule has 1 aliphatic carbocycles. The van der Waals surface area contributed by atoms with Gasteiger partial charge in [0.15, 0.2) is 5.41 Å². The fourth-order valence-electron chi connectivity index (χ4n) is 4.02. The number of ether oxygens (including phenoxy) is 2. The van der Waals surface area contributed by atoms with Crippen LogP contribution in [-0.2, 0) is 9.47 Å². The first-order valence-corrected chi connectivity index (χ1v) is 8.02. The number of nitrogens with two attached hydrogens (primary N) is 1. The van der Waals surface area contributed by atoms with Gasteiger partial charge in [-0.1, -0.05) is 28.1 Å². The summed E-state index contributed by atoms with van der Waals surface area (Å²) in [5.74, 6) is -1.80. The minimum absolute atomic E-state index is 0.114. The van der Waals surface area contributed by atoms with Crippen LogP contribution in [0.2, 0.25) is 0 Å². The van der Waals surface area contributed by atoms with E-state index in [1.807, 2.05) is 31.2 Å². The molecule has 6 nitrogen and oxygen atoms in total. The molecule has 2 aliphatic heterocycles. The van der Waals surface area contributed by atoms with Gasteiger partial charge < -0.3 is 15.2 Å². The third-order valence-corrected chi connectivity index (χ3v) is 5.53. The average Bonchev–Trinajstić information content (AvgIpc) is 2.92. The van der Waals surface area contributed by atoms with E-state index in [0.717, 1.165) is 10.0 Å². The molecule has 1 aromatic carbocycles. The Morgan fingerprint density at radius 3 is 2.52 bits per heavy atom. The van der Waals surface area contributed by atoms with Gasteiger partial charge in [-0.15, -0.1) is 0 Å². The fraction of sp³-hybridized carbons (Fsp3) is 0.438. The van der Waals surface area contributed by atoms with E-state index in [4.69, 9.17) is 15.2 Å². The Bertz CT molecular complexity index is 811. The SMILES string of the molecule is C[C@H]1CO[C@@]2(N=C(N)[C@@]3(C#N)[C@@H](c4ccc(Br)cc4)[C@@]23C#N)O1. The maximum absolute atomic E-state index is 9.98. The summed E-state index contributed by atoms with van der Waals surface area (Å²) in [6, 6.07) is 12.0. The smallest absolute Gasteiger partial charge is 0.293 e. The van der Waals surface area contributed by atoms with Crippen LogP contribution in [0.15, 0.2) is 33.7 Å². The predicted molar refractivity (Wildman–Crippen MR) is 83.8 cm³/mol. The highest BCUT2D eigenvalue weighted by molar-refractivity contribution is 9.10. The molecular weight excluding hydrogens is 360 g/mol. The predicted octanol–water partition coefficient (Wildman–Crippen LogP) is 2.03. The van der Waals surface area contributed by atoms with Crippen LogP contribution in [-0.4, -0.2) is 24.5 Å². The van der Waals surface area contributed by atoms with Gasteiger partial charge in [-0.2, -0.15) is 10.5 Å². The van der Waals surface area contributed by atoms with Crippen LogP contribution in [0.3, 0.4) is 0 Å². The van der Waals surface area contributed by atoms with Gasteiger partial charge in [0.05, 0.1) is 24.8 Å². The van der Waals surface area contributed by atoms with Crippen LogP contribution in [0.5, 0.6) is 0 Å². The summed E-state index contributed by atoms with van der Waals surface area (Å²) in [5.41, 5.74) is 4.48. The number of halogens is 1. The molecule has 0 radical (unpaired) electrons. The molecule has 1 saturated carbocycles. The Kier molecular flexibility index (Phi) is 2.76. The van der Waals surface area contributed by atoms with Gasteiger partial charge in [0.2, 0.25) is 0 Å². The standard InChI is InChI=1S/C16H13BrN4O2/c1-9-6-22-16(23-9)15(8-19)12(10-2-4-11(17)5-3-10)14(15,7-18)13(20)21-16/h2-5,9,12H,6H2,1H3,(H2,20,21)/t9-,12+,14+,15+,16+/m0/s1. The average molecular weight is 373 g/mol. The van der Waals surface area contributed by atoms with Crippen LogP contribution in [0.4, 0.5) is 0 Å². The summed E-state index contributed by atoms with van der Waals surface area (Å²) in [6.07, 6.45) is -0.211. The molecule has 2 fully saturated rings. The lowest BCUT2D eigenvalue weighted by Crippen LogP contribution is -2.39. The van der Waals surface area contributed by atoms with Crippen molar-refractivity contribution < 1.29 is 9.47 Å². The van der Waals surface area contributed by atoms with E-state index < -0.39 is 22.7 Å². The van der Waals surface area contributed by atoms with Crippen LogP contribution >= 0.6 is 15.9 Å². The zero-order chi connectivity index (χ0) is 16.5. The molecule has 0 unspecified atom stereocenters. The third-order valence-electron chi connectivity index (χ3n) is 5.01. The van der Waals surface area contributed by atoms with Gasteiger partial charge in [-0.3, -0.25) is 0 Å². The quantitative estimate of drug-likeness (QED) is 0.811. The molecule has 1 spiro atoms. The number of amidine groups is 1. The van der Waals surface area contributed by atoms with Gasteiger partial charge >= 0.3 is 0 Å². The maximum Gasteiger partial charge on any atom is 0.293 e. The zero-order valence-corrected chi connectivity index (χ0v) is 13.9. The van der Waals surface area contributed by atoms with E-state index in [-0.39, 0.29) is 11.9 Å². The minimum atomic E-state index is -1.49. The van der Waals surface area contributed by atoms with E-state index in [9.17, 15) is 10.5 Å². The van der Waals surface area contributed by atoms with Crippen molar-refractivity contribution in [2.24, 2.45) is 21.6 Å². The second-order valence-corrected chi connectivity index (χ2v) is 7.06. The van der Waals surface area contributed by atoms with Crippen molar-refractivity contribution in [1.82, 2.24) is 0 Å². The van der Waals surface area contributed by atoms with Crippen molar-refractivity contribution in [2.75, 3.05) is 6.61 Å². The molecule has 3 aliphatic rings.